The maximum absolute atomic E-state index is 11.8. The van der Waals surface area contributed by atoms with Gasteiger partial charge >= 0.3 is 0 Å². The van der Waals surface area contributed by atoms with Crippen molar-refractivity contribution in [1.82, 2.24) is 15.2 Å². The maximum atomic E-state index is 11.8. The van der Waals surface area contributed by atoms with E-state index in [-0.39, 0.29) is 5.56 Å². The Morgan fingerprint density at radius 1 is 1.10 bits per heavy atom. The largest absolute Gasteiger partial charge is 0.305 e. The molecule has 0 spiro atoms. The van der Waals surface area contributed by atoms with Crippen LogP contribution in [0, 0.1) is 0 Å². The zero-order valence-corrected chi connectivity index (χ0v) is 10.6. The van der Waals surface area contributed by atoms with Gasteiger partial charge in [-0.1, -0.05) is 48.6 Å². The predicted molar refractivity (Wildman–Crippen MR) is 79.3 cm³/mol. The third-order valence-corrected chi connectivity index (χ3v) is 3.48. The number of hydrogen-bond acceptors (Lipinski definition) is 2. The number of nitrogens with one attached hydrogen (secondary N) is 2. The van der Waals surface area contributed by atoms with Crippen LogP contribution >= 0.6 is 0 Å². The van der Waals surface area contributed by atoms with Crippen LogP contribution in [-0.2, 0) is 0 Å². The van der Waals surface area contributed by atoms with E-state index >= 15 is 0 Å². The van der Waals surface area contributed by atoms with E-state index in [2.05, 4.69) is 15.2 Å². The number of allylic oxidation sites excluding steroid dienone is 4. The summed E-state index contributed by atoms with van der Waals surface area (Å²) >= 11 is 0. The average molecular weight is 261 g/mol. The summed E-state index contributed by atoms with van der Waals surface area (Å²) in [6, 6.07) is 11.5. The number of nitrogens with zero attached hydrogens (tertiary/aromatic N) is 1. The van der Waals surface area contributed by atoms with Crippen molar-refractivity contribution in [3.8, 4) is 11.1 Å². The molecule has 0 atom stereocenters. The maximum Gasteiger partial charge on any atom is 0.250 e. The molecule has 4 heteroatoms. The van der Waals surface area contributed by atoms with Crippen LogP contribution in [0.3, 0.4) is 0 Å². The lowest BCUT2D eigenvalue weighted by atomic mass is 9.97. The molecule has 0 bridgehead atoms. The summed E-state index contributed by atoms with van der Waals surface area (Å²) < 4.78 is 0. The molecule has 4 rings (SSSR count). The van der Waals surface area contributed by atoms with Gasteiger partial charge in [0, 0.05) is 17.2 Å². The van der Waals surface area contributed by atoms with Crippen LogP contribution in [0.5, 0.6) is 0 Å². The van der Waals surface area contributed by atoms with Crippen molar-refractivity contribution in [3.63, 3.8) is 0 Å². The van der Waals surface area contributed by atoms with Crippen molar-refractivity contribution in [2.24, 2.45) is 0 Å². The molecule has 0 amide bonds. The second-order valence-electron chi connectivity index (χ2n) is 4.72. The van der Waals surface area contributed by atoms with Gasteiger partial charge in [-0.15, -0.1) is 0 Å². The van der Waals surface area contributed by atoms with Crippen molar-refractivity contribution in [2.75, 3.05) is 0 Å². The highest BCUT2D eigenvalue weighted by atomic mass is 16.1. The Labute approximate surface area is 114 Å². The molecule has 4 nitrogen and oxygen atoms in total. The minimum atomic E-state index is -0.146. The smallest absolute Gasteiger partial charge is 0.250 e. The zero-order chi connectivity index (χ0) is 13.5. The highest BCUT2D eigenvalue weighted by molar-refractivity contribution is 6.02. The van der Waals surface area contributed by atoms with Crippen LogP contribution in [0.25, 0.3) is 27.7 Å². The van der Waals surface area contributed by atoms with Crippen molar-refractivity contribution in [2.45, 2.75) is 0 Å². The van der Waals surface area contributed by atoms with Gasteiger partial charge in [-0.05, 0) is 5.56 Å². The van der Waals surface area contributed by atoms with Crippen LogP contribution in [0.2, 0.25) is 0 Å². The van der Waals surface area contributed by atoms with E-state index in [9.17, 15) is 4.79 Å². The van der Waals surface area contributed by atoms with Gasteiger partial charge in [0.25, 0.3) is 0 Å². The number of hydrogen-bond donors (Lipinski definition) is 2. The van der Waals surface area contributed by atoms with E-state index in [1.807, 2.05) is 48.6 Å². The fraction of sp³-hybridized carbons (Fsp3) is 0. The summed E-state index contributed by atoms with van der Waals surface area (Å²) in [7, 11) is 0. The molecule has 2 heterocycles. The monoisotopic (exact) mass is 261 g/mol. The first-order valence-electron chi connectivity index (χ1n) is 6.38. The first kappa shape index (κ1) is 11.0. The van der Waals surface area contributed by atoms with Gasteiger partial charge in [-0.3, -0.25) is 9.89 Å². The van der Waals surface area contributed by atoms with Crippen molar-refractivity contribution in [1.29, 1.82) is 0 Å². The summed E-state index contributed by atoms with van der Waals surface area (Å²) in [4.78, 5) is 14.6. The number of rotatable bonds is 2. The second-order valence-corrected chi connectivity index (χ2v) is 4.72. The normalized spacial score (nSPS) is 13.3. The second kappa shape index (κ2) is 4.06. The molecule has 1 aliphatic carbocycles. The number of aromatic nitrogens is 3. The van der Waals surface area contributed by atoms with E-state index in [1.54, 1.807) is 6.07 Å². The SMILES string of the molecule is O=c1cc(-c2ccccc2)c2c(C3=CC=C3)[nH]nc2[nH]1. The van der Waals surface area contributed by atoms with Crippen molar-refractivity contribution >= 4 is 16.6 Å². The molecule has 2 N–H and O–H groups in total. The number of benzene rings is 1. The molecule has 1 aromatic carbocycles. The number of fused-ring (bicyclic) bond motifs is 1. The standard InChI is InChI=1S/C16H11N3O/c20-13-9-12(10-5-2-1-3-6-10)14-15(11-7-4-8-11)18-19-16(14)17-13/h1-9H,(H2,17,18,19,20). The lowest BCUT2D eigenvalue weighted by Gasteiger charge is -2.08. The molecule has 0 radical (unpaired) electrons. The van der Waals surface area contributed by atoms with Gasteiger partial charge in [0.2, 0.25) is 5.56 Å². The number of H-pyrrole nitrogens is 2. The summed E-state index contributed by atoms with van der Waals surface area (Å²) in [5, 5.41) is 8.18. The highest BCUT2D eigenvalue weighted by Gasteiger charge is 2.16. The van der Waals surface area contributed by atoms with Crippen LogP contribution in [-0.4, -0.2) is 15.2 Å². The molecule has 2 aromatic heterocycles. The highest BCUT2D eigenvalue weighted by Crippen LogP contribution is 2.33. The van der Waals surface area contributed by atoms with Crippen LogP contribution in [0.1, 0.15) is 5.69 Å². The van der Waals surface area contributed by atoms with Crippen molar-refractivity contribution < 1.29 is 0 Å². The Bertz CT molecular complexity index is 914. The van der Waals surface area contributed by atoms with Gasteiger partial charge in [-0.25, -0.2) is 0 Å². The fourth-order valence-corrected chi connectivity index (χ4v) is 2.46. The van der Waals surface area contributed by atoms with Gasteiger partial charge < -0.3 is 4.98 Å². The molecular formula is C16H11N3O. The molecule has 0 unspecified atom stereocenters. The van der Waals surface area contributed by atoms with E-state index in [0.717, 1.165) is 27.8 Å². The van der Waals surface area contributed by atoms with Crippen LogP contribution < -0.4 is 5.56 Å². The summed E-state index contributed by atoms with van der Waals surface area (Å²) in [6.45, 7) is 0. The molecule has 3 aromatic rings. The van der Waals surface area contributed by atoms with E-state index < -0.39 is 0 Å². The zero-order valence-electron chi connectivity index (χ0n) is 10.6. The Kier molecular flexibility index (Phi) is 2.23. The Morgan fingerprint density at radius 3 is 2.60 bits per heavy atom. The van der Waals surface area contributed by atoms with Crippen LogP contribution in [0.15, 0.2) is 59.4 Å². The van der Waals surface area contributed by atoms with E-state index in [4.69, 9.17) is 0 Å². The molecule has 1 aliphatic rings. The van der Waals surface area contributed by atoms with E-state index in [0.29, 0.717) is 5.65 Å². The Hall–Kier alpha value is -2.88. The fourth-order valence-electron chi connectivity index (χ4n) is 2.46. The molecule has 96 valence electrons. The van der Waals surface area contributed by atoms with Gasteiger partial charge in [0.1, 0.15) is 0 Å². The number of pyridine rings is 1. The Balaban J connectivity index is 2.08. The summed E-state index contributed by atoms with van der Waals surface area (Å²) in [6.07, 6.45) is 6.02. The molecule has 0 fully saturated rings. The van der Waals surface area contributed by atoms with Crippen LogP contribution in [0.4, 0.5) is 0 Å². The lowest BCUT2D eigenvalue weighted by molar-refractivity contribution is 1.08. The predicted octanol–water partition coefficient (Wildman–Crippen LogP) is 2.87. The van der Waals surface area contributed by atoms with Gasteiger partial charge in [-0.2, -0.15) is 5.10 Å². The molecule has 0 saturated carbocycles. The van der Waals surface area contributed by atoms with Crippen molar-refractivity contribution in [3.05, 3.63) is 70.7 Å². The lowest BCUT2D eigenvalue weighted by Crippen LogP contribution is -2.04. The first-order valence-corrected chi connectivity index (χ1v) is 6.38. The topological polar surface area (TPSA) is 61.5 Å². The number of aromatic amines is 2. The molecule has 0 aliphatic heterocycles. The average Bonchev–Trinajstić information content (AvgIpc) is 2.80. The minimum Gasteiger partial charge on any atom is -0.305 e. The third-order valence-electron chi connectivity index (χ3n) is 3.48. The molecule has 0 saturated heterocycles. The van der Waals surface area contributed by atoms with Gasteiger partial charge in [0.15, 0.2) is 5.65 Å². The Morgan fingerprint density at radius 2 is 1.90 bits per heavy atom. The minimum absolute atomic E-state index is 0.146. The van der Waals surface area contributed by atoms with E-state index in [1.165, 1.54) is 0 Å². The third kappa shape index (κ3) is 1.55. The summed E-state index contributed by atoms with van der Waals surface area (Å²) in [5.74, 6) is 0. The first-order chi connectivity index (χ1) is 9.83. The van der Waals surface area contributed by atoms with Gasteiger partial charge in [0.05, 0.1) is 11.1 Å². The quantitative estimate of drug-likeness (QED) is 0.745. The molecular weight excluding hydrogens is 250 g/mol. The molecule has 20 heavy (non-hydrogen) atoms. The summed E-state index contributed by atoms with van der Waals surface area (Å²) in [5.41, 5.74) is 4.39.